The second kappa shape index (κ2) is 12.7. The zero-order valence-corrected chi connectivity index (χ0v) is 22.9. The second-order valence-corrected chi connectivity index (χ2v) is 11.7. The zero-order valence-electron chi connectivity index (χ0n) is 21.3. The summed E-state index contributed by atoms with van der Waals surface area (Å²) in [5.74, 6) is 0.736. The van der Waals surface area contributed by atoms with Crippen molar-refractivity contribution in [3.63, 3.8) is 0 Å². The van der Waals surface area contributed by atoms with Gasteiger partial charge in [-0.05, 0) is 40.6 Å². The molecule has 1 amide bonds. The minimum absolute atomic E-state index is 0.0843. The van der Waals surface area contributed by atoms with Gasteiger partial charge in [0, 0.05) is 61.8 Å². The van der Waals surface area contributed by atoms with Crippen molar-refractivity contribution in [1.29, 1.82) is 0 Å². The molecule has 1 atom stereocenters. The molecule has 38 heavy (non-hydrogen) atoms. The van der Waals surface area contributed by atoms with Crippen LogP contribution < -0.4 is 5.32 Å². The van der Waals surface area contributed by atoms with E-state index in [0.717, 1.165) is 45.0 Å². The number of amides is 1. The van der Waals surface area contributed by atoms with Gasteiger partial charge in [0.1, 0.15) is 11.5 Å². The number of nitrogens with one attached hydrogen (secondary N) is 1. The molecule has 1 fully saturated rings. The van der Waals surface area contributed by atoms with E-state index in [4.69, 9.17) is 0 Å². The summed E-state index contributed by atoms with van der Waals surface area (Å²) in [6, 6.07) is 23.3. The average Bonchev–Trinajstić information content (AvgIpc) is 3.47. The molecule has 198 valence electrons. The summed E-state index contributed by atoms with van der Waals surface area (Å²) in [6.45, 7) is 6.38. The highest BCUT2D eigenvalue weighted by atomic mass is 32.2. The summed E-state index contributed by atoms with van der Waals surface area (Å²) in [6.07, 6.45) is 0. The first-order valence-electron chi connectivity index (χ1n) is 13.0. The first-order valence-corrected chi connectivity index (χ1v) is 14.9. The lowest BCUT2D eigenvalue weighted by Crippen LogP contribution is -2.48. The number of fused-ring (bicyclic) bond motifs is 1. The Morgan fingerprint density at radius 1 is 0.895 bits per heavy atom. The molecule has 1 saturated heterocycles. The summed E-state index contributed by atoms with van der Waals surface area (Å²) in [4.78, 5) is 19.0. The molecule has 0 saturated carbocycles. The van der Waals surface area contributed by atoms with E-state index in [1.165, 1.54) is 16.5 Å². The van der Waals surface area contributed by atoms with Crippen molar-refractivity contribution in [1.82, 2.24) is 15.1 Å². The van der Waals surface area contributed by atoms with Crippen LogP contribution in [0, 0.1) is 0 Å². The number of nitrogens with zero attached hydrogens (tertiary/aromatic N) is 2. The molecule has 0 bridgehead atoms. The SMILES string of the molecule is O=C(NCCN1CCN(CCSC(c2ccccc2)c2cccs2)CC1)c1cc2cccc(O)c2cc1O. The largest absolute Gasteiger partial charge is 0.507 e. The Hall–Kier alpha value is -3.04. The van der Waals surface area contributed by atoms with Gasteiger partial charge in [-0.25, -0.2) is 0 Å². The number of carbonyl (C=O) groups excluding carboxylic acids is 1. The van der Waals surface area contributed by atoms with Gasteiger partial charge in [0.05, 0.1) is 10.8 Å². The lowest BCUT2D eigenvalue weighted by Gasteiger charge is -2.34. The monoisotopic (exact) mass is 547 g/mol. The predicted molar refractivity (Wildman–Crippen MR) is 158 cm³/mol. The maximum atomic E-state index is 12.7. The van der Waals surface area contributed by atoms with E-state index in [2.05, 4.69) is 63.0 Å². The van der Waals surface area contributed by atoms with E-state index in [0.29, 0.717) is 22.6 Å². The van der Waals surface area contributed by atoms with Gasteiger partial charge in [0.25, 0.3) is 5.91 Å². The van der Waals surface area contributed by atoms with E-state index in [1.54, 1.807) is 18.2 Å². The van der Waals surface area contributed by atoms with Crippen molar-refractivity contribution >= 4 is 39.8 Å². The Bertz CT molecular complexity index is 1340. The van der Waals surface area contributed by atoms with Crippen LogP contribution in [0.3, 0.4) is 0 Å². The molecule has 4 aromatic rings. The van der Waals surface area contributed by atoms with E-state index >= 15 is 0 Å². The third kappa shape index (κ3) is 6.50. The average molecular weight is 548 g/mol. The number of piperazine rings is 1. The number of carbonyl (C=O) groups is 1. The van der Waals surface area contributed by atoms with Crippen LogP contribution >= 0.6 is 23.1 Å². The van der Waals surface area contributed by atoms with Crippen LogP contribution in [0.15, 0.2) is 78.2 Å². The van der Waals surface area contributed by atoms with Crippen molar-refractivity contribution in [2.45, 2.75) is 5.25 Å². The van der Waals surface area contributed by atoms with Crippen LogP contribution in [-0.2, 0) is 0 Å². The van der Waals surface area contributed by atoms with Gasteiger partial charge >= 0.3 is 0 Å². The number of thioether (sulfide) groups is 1. The first kappa shape index (κ1) is 26.6. The van der Waals surface area contributed by atoms with Crippen molar-refractivity contribution in [3.05, 3.63) is 94.2 Å². The molecule has 6 nitrogen and oxygen atoms in total. The Morgan fingerprint density at radius 2 is 1.66 bits per heavy atom. The molecular formula is C30H33N3O3S2. The van der Waals surface area contributed by atoms with Gasteiger partial charge < -0.3 is 15.5 Å². The molecule has 1 aromatic heterocycles. The molecule has 3 aromatic carbocycles. The maximum Gasteiger partial charge on any atom is 0.255 e. The second-order valence-electron chi connectivity index (χ2n) is 9.48. The van der Waals surface area contributed by atoms with E-state index in [1.807, 2.05) is 29.2 Å². The van der Waals surface area contributed by atoms with Crippen molar-refractivity contribution in [3.8, 4) is 11.5 Å². The number of aromatic hydroxyl groups is 2. The van der Waals surface area contributed by atoms with Crippen molar-refractivity contribution in [2.75, 3.05) is 51.6 Å². The lowest BCUT2D eigenvalue weighted by atomic mass is 10.0. The molecule has 2 heterocycles. The smallest absolute Gasteiger partial charge is 0.255 e. The molecular weight excluding hydrogens is 514 g/mol. The van der Waals surface area contributed by atoms with Gasteiger partial charge in [-0.15, -0.1) is 23.1 Å². The standard InChI is InChI=1S/C30H33N3O3S2/c34-26-9-4-8-23-20-25(27(35)21-24(23)26)30(36)31-11-12-32-13-15-33(16-14-32)17-19-38-29(28-10-5-18-37-28)22-6-2-1-3-7-22/h1-10,18,20-21,29,34-35H,11-17,19H2,(H,31,36). The summed E-state index contributed by atoms with van der Waals surface area (Å²) < 4.78 is 0. The molecule has 1 aliphatic rings. The van der Waals surface area contributed by atoms with Gasteiger partial charge in [-0.1, -0.05) is 48.5 Å². The third-order valence-corrected chi connectivity index (χ3v) is 9.36. The lowest BCUT2D eigenvalue weighted by molar-refractivity contribution is 0.0935. The number of rotatable bonds is 10. The van der Waals surface area contributed by atoms with Crippen molar-refractivity contribution in [2.24, 2.45) is 0 Å². The van der Waals surface area contributed by atoms with Gasteiger partial charge in [-0.3, -0.25) is 14.6 Å². The van der Waals surface area contributed by atoms with Crippen molar-refractivity contribution < 1.29 is 15.0 Å². The Balaban J connectivity index is 1.04. The number of benzene rings is 3. The zero-order chi connectivity index (χ0) is 26.3. The number of hydrogen-bond acceptors (Lipinski definition) is 7. The van der Waals surface area contributed by atoms with Crippen LogP contribution in [0.1, 0.15) is 26.0 Å². The minimum atomic E-state index is -0.304. The van der Waals surface area contributed by atoms with E-state index < -0.39 is 0 Å². The highest BCUT2D eigenvalue weighted by Gasteiger charge is 2.20. The Kier molecular flexibility index (Phi) is 8.86. The van der Waals surface area contributed by atoms with Crippen LogP contribution in [0.2, 0.25) is 0 Å². The molecule has 1 unspecified atom stereocenters. The van der Waals surface area contributed by atoms with Gasteiger partial charge in [-0.2, -0.15) is 0 Å². The number of phenolic OH excluding ortho intramolecular Hbond substituents is 2. The molecule has 5 rings (SSSR count). The predicted octanol–water partition coefficient (Wildman–Crippen LogP) is 5.18. The van der Waals surface area contributed by atoms with E-state index in [-0.39, 0.29) is 23.0 Å². The quantitative estimate of drug-likeness (QED) is 0.254. The summed E-state index contributed by atoms with van der Waals surface area (Å²) >= 11 is 3.84. The molecule has 0 radical (unpaired) electrons. The highest BCUT2D eigenvalue weighted by Crippen LogP contribution is 2.38. The van der Waals surface area contributed by atoms with Crippen LogP contribution in [0.5, 0.6) is 11.5 Å². The summed E-state index contributed by atoms with van der Waals surface area (Å²) in [7, 11) is 0. The fraction of sp³-hybridized carbons (Fsp3) is 0.300. The van der Waals surface area contributed by atoms with Gasteiger partial charge in [0.15, 0.2) is 0 Å². The Morgan fingerprint density at radius 3 is 2.39 bits per heavy atom. The summed E-state index contributed by atoms with van der Waals surface area (Å²) in [5.41, 5.74) is 1.59. The molecule has 8 heteroatoms. The number of thiophene rings is 1. The summed E-state index contributed by atoms with van der Waals surface area (Å²) in [5, 5.41) is 27.0. The number of hydrogen-bond donors (Lipinski definition) is 3. The topological polar surface area (TPSA) is 76.0 Å². The maximum absolute atomic E-state index is 12.7. The molecule has 1 aliphatic heterocycles. The molecule has 0 aliphatic carbocycles. The third-order valence-electron chi connectivity index (χ3n) is 6.99. The van der Waals surface area contributed by atoms with E-state index in [9.17, 15) is 15.0 Å². The Labute approximate surface area is 231 Å². The first-order chi connectivity index (χ1) is 18.6. The van der Waals surface area contributed by atoms with Gasteiger partial charge in [0.2, 0.25) is 0 Å². The normalized spacial score (nSPS) is 15.5. The number of phenols is 2. The minimum Gasteiger partial charge on any atom is -0.507 e. The van der Waals surface area contributed by atoms with Crippen LogP contribution in [0.25, 0.3) is 10.8 Å². The fourth-order valence-corrected chi connectivity index (χ4v) is 7.14. The van der Waals surface area contributed by atoms with Crippen LogP contribution in [0.4, 0.5) is 0 Å². The van der Waals surface area contributed by atoms with Crippen LogP contribution in [-0.4, -0.2) is 77.5 Å². The fourth-order valence-electron chi connectivity index (χ4n) is 4.85. The highest BCUT2D eigenvalue weighted by molar-refractivity contribution is 7.99. The molecule has 0 spiro atoms. The molecule has 3 N–H and O–H groups in total.